The SMILES string of the molecule is C#CCC(=O)C1CC1(C)C. The van der Waals surface area contributed by atoms with E-state index in [0.29, 0.717) is 6.42 Å². The van der Waals surface area contributed by atoms with Gasteiger partial charge in [-0.15, -0.1) is 6.42 Å². The van der Waals surface area contributed by atoms with E-state index in [4.69, 9.17) is 6.42 Å². The van der Waals surface area contributed by atoms with E-state index in [9.17, 15) is 4.79 Å². The van der Waals surface area contributed by atoms with Crippen LogP contribution in [0.2, 0.25) is 0 Å². The molecule has 1 aliphatic rings. The first kappa shape index (κ1) is 7.34. The van der Waals surface area contributed by atoms with E-state index in [1.54, 1.807) is 0 Å². The molecular weight excluding hydrogens is 124 g/mol. The highest BCUT2D eigenvalue weighted by atomic mass is 16.1. The lowest BCUT2D eigenvalue weighted by atomic mass is 10.1. The van der Waals surface area contributed by atoms with Crippen molar-refractivity contribution < 1.29 is 4.79 Å². The van der Waals surface area contributed by atoms with Crippen LogP contribution in [0.3, 0.4) is 0 Å². The van der Waals surface area contributed by atoms with Crippen molar-refractivity contribution in [1.29, 1.82) is 0 Å². The van der Waals surface area contributed by atoms with Crippen molar-refractivity contribution in [2.45, 2.75) is 26.7 Å². The molecule has 0 radical (unpaired) electrons. The Morgan fingerprint density at radius 1 is 1.80 bits per heavy atom. The van der Waals surface area contributed by atoms with E-state index in [0.717, 1.165) is 6.42 Å². The number of carbonyl (C=O) groups excluding carboxylic acids is 1. The third-order valence-electron chi connectivity index (χ3n) is 2.18. The van der Waals surface area contributed by atoms with Gasteiger partial charge < -0.3 is 0 Å². The van der Waals surface area contributed by atoms with Gasteiger partial charge in [-0.05, 0) is 11.8 Å². The first-order chi connectivity index (χ1) is 4.58. The topological polar surface area (TPSA) is 17.1 Å². The second-order valence-corrected chi connectivity index (χ2v) is 3.59. The second kappa shape index (κ2) is 2.12. The number of hydrogen-bond acceptors (Lipinski definition) is 1. The van der Waals surface area contributed by atoms with Crippen LogP contribution in [0.25, 0.3) is 0 Å². The number of rotatable bonds is 2. The van der Waals surface area contributed by atoms with Crippen LogP contribution < -0.4 is 0 Å². The van der Waals surface area contributed by atoms with Crippen molar-refractivity contribution in [1.82, 2.24) is 0 Å². The van der Waals surface area contributed by atoms with Crippen LogP contribution in [0.5, 0.6) is 0 Å². The fourth-order valence-electron chi connectivity index (χ4n) is 1.24. The van der Waals surface area contributed by atoms with Gasteiger partial charge in [-0.1, -0.05) is 19.8 Å². The molecule has 0 aliphatic heterocycles. The first-order valence-corrected chi connectivity index (χ1v) is 3.54. The van der Waals surface area contributed by atoms with E-state index in [1.807, 2.05) is 0 Å². The summed E-state index contributed by atoms with van der Waals surface area (Å²) < 4.78 is 0. The average molecular weight is 136 g/mol. The molecule has 1 heteroatoms. The maximum Gasteiger partial charge on any atom is 0.148 e. The Bertz CT molecular complexity index is 195. The predicted octanol–water partition coefficient (Wildman–Crippen LogP) is 1.62. The monoisotopic (exact) mass is 136 g/mol. The molecule has 1 saturated carbocycles. The summed E-state index contributed by atoms with van der Waals surface area (Å²) >= 11 is 0. The molecule has 0 aromatic rings. The van der Waals surface area contributed by atoms with Crippen LogP contribution >= 0.6 is 0 Å². The molecule has 0 amide bonds. The van der Waals surface area contributed by atoms with E-state index in [-0.39, 0.29) is 17.1 Å². The average Bonchev–Trinajstić information content (AvgIpc) is 2.41. The largest absolute Gasteiger partial charge is 0.298 e. The van der Waals surface area contributed by atoms with Gasteiger partial charge in [0.2, 0.25) is 0 Å². The van der Waals surface area contributed by atoms with Crippen molar-refractivity contribution in [2.24, 2.45) is 11.3 Å². The van der Waals surface area contributed by atoms with Gasteiger partial charge in [-0.25, -0.2) is 0 Å². The minimum atomic E-state index is 0.243. The lowest BCUT2D eigenvalue weighted by molar-refractivity contribution is -0.119. The van der Waals surface area contributed by atoms with Crippen LogP contribution in [0.1, 0.15) is 26.7 Å². The van der Waals surface area contributed by atoms with E-state index in [1.165, 1.54) is 0 Å². The number of ketones is 1. The van der Waals surface area contributed by atoms with Gasteiger partial charge in [0, 0.05) is 5.92 Å². The molecule has 0 aromatic carbocycles. The van der Waals surface area contributed by atoms with Crippen LogP contribution in [0.4, 0.5) is 0 Å². The van der Waals surface area contributed by atoms with Gasteiger partial charge in [0.25, 0.3) is 0 Å². The maximum atomic E-state index is 11.1. The molecule has 0 heterocycles. The van der Waals surface area contributed by atoms with Crippen LogP contribution in [0, 0.1) is 23.7 Å². The fourth-order valence-corrected chi connectivity index (χ4v) is 1.24. The summed E-state index contributed by atoms with van der Waals surface area (Å²) in [5.74, 6) is 2.87. The quantitative estimate of drug-likeness (QED) is 0.527. The van der Waals surface area contributed by atoms with Gasteiger partial charge in [-0.3, -0.25) is 4.79 Å². The standard InChI is InChI=1S/C9H12O/c1-4-5-8(10)7-6-9(7,2)3/h1,7H,5-6H2,2-3H3. The molecule has 1 rings (SSSR count). The van der Waals surface area contributed by atoms with Crippen LogP contribution in [0.15, 0.2) is 0 Å². The van der Waals surface area contributed by atoms with Crippen molar-refractivity contribution in [3.63, 3.8) is 0 Å². The van der Waals surface area contributed by atoms with Gasteiger partial charge >= 0.3 is 0 Å². The first-order valence-electron chi connectivity index (χ1n) is 3.54. The van der Waals surface area contributed by atoms with Crippen molar-refractivity contribution in [3.05, 3.63) is 0 Å². The van der Waals surface area contributed by atoms with Gasteiger partial charge in [-0.2, -0.15) is 0 Å². The minimum absolute atomic E-state index is 0.243. The maximum absolute atomic E-state index is 11.1. The Balaban J connectivity index is 2.42. The molecule has 54 valence electrons. The zero-order valence-electron chi connectivity index (χ0n) is 6.48. The minimum Gasteiger partial charge on any atom is -0.298 e. The summed E-state index contributed by atoms with van der Waals surface area (Å²) in [6, 6.07) is 0. The van der Waals surface area contributed by atoms with Crippen molar-refractivity contribution in [3.8, 4) is 12.3 Å². The molecule has 1 atom stereocenters. The molecular formula is C9H12O. The summed E-state index contributed by atoms with van der Waals surface area (Å²) in [7, 11) is 0. The van der Waals surface area contributed by atoms with E-state index >= 15 is 0 Å². The van der Waals surface area contributed by atoms with Gasteiger partial charge in [0.05, 0.1) is 6.42 Å². The number of Topliss-reactive ketones (excluding diaryl/α,β-unsaturated/α-hetero) is 1. The number of hydrogen-bond donors (Lipinski definition) is 0. The molecule has 0 N–H and O–H groups in total. The Labute approximate surface area is 61.8 Å². The third kappa shape index (κ3) is 1.21. The highest BCUT2D eigenvalue weighted by molar-refractivity contribution is 5.86. The normalized spacial score (nSPS) is 27.1. The molecule has 0 saturated heterocycles. The molecule has 1 aliphatic carbocycles. The predicted molar refractivity (Wildman–Crippen MR) is 40.3 cm³/mol. The Kier molecular flexibility index (Phi) is 1.56. The summed E-state index contributed by atoms with van der Waals surface area (Å²) in [6.45, 7) is 4.21. The summed E-state index contributed by atoms with van der Waals surface area (Å²) in [5, 5.41) is 0. The summed E-state index contributed by atoms with van der Waals surface area (Å²) in [6.07, 6.45) is 6.35. The molecule has 10 heavy (non-hydrogen) atoms. The number of carbonyl (C=O) groups is 1. The third-order valence-corrected chi connectivity index (χ3v) is 2.18. The highest BCUT2D eigenvalue weighted by Crippen LogP contribution is 2.52. The highest BCUT2D eigenvalue weighted by Gasteiger charge is 2.49. The Hall–Kier alpha value is -0.770. The zero-order chi connectivity index (χ0) is 7.78. The molecule has 1 unspecified atom stereocenters. The summed E-state index contributed by atoms with van der Waals surface area (Å²) in [4.78, 5) is 11.1. The molecule has 0 aromatic heterocycles. The molecule has 1 fully saturated rings. The Morgan fingerprint density at radius 2 is 2.30 bits per heavy atom. The molecule has 0 spiro atoms. The van der Waals surface area contributed by atoms with Crippen LogP contribution in [-0.4, -0.2) is 5.78 Å². The van der Waals surface area contributed by atoms with E-state index < -0.39 is 0 Å². The van der Waals surface area contributed by atoms with Gasteiger partial charge in [0.1, 0.15) is 5.78 Å². The van der Waals surface area contributed by atoms with Crippen molar-refractivity contribution >= 4 is 5.78 Å². The second-order valence-electron chi connectivity index (χ2n) is 3.59. The molecule has 1 nitrogen and oxygen atoms in total. The fraction of sp³-hybridized carbons (Fsp3) is 0.667. The Morgan fingerprint density at radius 3 is 2.60 bits per heavy atom. The zero-order valence-corrected chi connectivity index (χ0v) is 6.48. The smallest absolute Gasteiger partial charge is 0.148 e. The lowest BCUT2D eigenvalue weighted by Crippen LogP contribution is -2.03. The lowest BCUT2D eigenvalue weighted by Gasteiger charge is -1.97. The number of terminal acetylenes is 1. The van der Waals surface area contributed by atoms with Crippen molar-refractivity contribution in [2.75, 3.05) is 0 Å². The molecule has 0 bridgehead atoms. The van der Waals surface area contributed by atoms with E-state index in [2.05, 4.69) is 19.8 Å². The summed E-state index contributed by atoms with van der Waals surface area (Å²) in [5.41, 5.74) is 0.244. The van der Waals surface area contributed by atoms with Crippen LogP contribution in [-0.2, 0) is 4.79 Å². The van der Waals surface area contributed by atoms with Gasteiger partial charge in [0.15, 0.2) is 0 Å².